The van der Waals surface area contributed by atoms with Gasteiger partial charge in [0.05, 0.1) is 6.61 Å². The van der Waals surface area contributed by atoms with Crippen LogP contribution >= 0.6 is 0 Å². The lowest BCUT2D eigenvalue weighted by molar-refractivity contribution is -0.150. The smallest absolute Gasteiger partial charge is 0.313 e. The molecule has 6 nitrogen and oxygen atoms in total. The van der Waals surface area contributed by atoms with E-state index < -0.39 is 11.4 Å². The third kappa shape index (κ3) is 2.75. The van der Waals surface area contributed by atoms with E-state index in [-0.39, 0.29) is 6.61 Å². The van der Waals surface area contributed by atoms with Gasteiger partial charge in [0.1, 0.15) is 17.1 Å². The van der Waals surface area contributed by atoms with Crippen LogP contribution in [0.1, 0.15) is 24.9 Å². The Morgan fingerprint density at radius 2 is 2.30 bits per heavy atom. The Labute approximate surface area is 118 Å². The molecule has 1 atom stereocenters. The zero-order chi connectivity index (χ0) is 14.8. The molecule has 1 aromatic heterocycles. The molecule has 1 saturated heterocycles. The Kier molecular flexibility index (Phi) is 4.23. The predicted octanol–water partition coefficient (Wildman–Crippen LogP) is 1.27. The summed E-state index contributed by atoms with van der Waals surface area (Å²) in [7, 11) is 1.54. The number of rotatable bonds is 5. The van der Waals surface area contributed by atoms with Gasteiger partial charge in [-0.2, -0.15) is 0 Å². The molecule has 1 aliphatic rings. The van der Waals surface area contributed by atoms with E-state index in [0.29, 0.717) is 19.5 Å². The van der Waals surface area contributed by atoms with Crippen molar-refractivity contribution in [2.75, 3.05) is 31.7 Å². The van der Waals surface area contributed by atoms with Crippen molar-refractivity contribution >= 4 is 11.8 Å². The van der Waals surface area contributed by atoms with Gasteiger partial charge in [-0.05, 0) is 19.8 Å². The highest BCUT2D eigenvalue weighted by atomic mass is 16.5. The Morgan fingerprint density at radius 1 is 1.55 bits per heavy atom. The van der Waals surface area contributed by atoms with Crippen LogP contribution in [0.25, 0.3) is 0 Å². The van der Waals surface area contributed by atoms with Gasteiger partial charge in [0.25, 0.3) is 0 Å². The SMILES string of the molecule is CCc1cc(N2CCC(COC)(C(=O)O)C2)nc(C)n1. The fourth-order valence-corrected chi connectivity index (χ4v) is 2.65. The molecule has 0 aromatic carbocycles. The number of aliphatic carboxylic acids is 1. The second-order valence-corrected chi connectivity index (χ2v) is 5.31. The summed E-state index contributed by atoms with van der Waals surface area (Å²) in [6.07, 6.45) is 1.41. The molecule has 2 heterocycles. The van der Waals surface area contributed by atoms with Crippen LogP contribution in [0.4, 0.5) is 5.82 Å². The first-order valence-electron chi connectivity index (χ1n) is 6.82. The van der Waals surface area contributed by atoms with Crippen molar-refractivity contribution in [2.45, 2.75) is 26.7 Å². The average Bonchev–Trinajstić information content (AvgIpc) is 2.84. The molecular weight excluding hydrogens is 258 g/mol. The number of carbonyl (C=O) groups is 1. The van der Waals surface area contributed by atoms with E-state index in [1.54, 1.807) is 0 Å². The molecule has 0 aliphatic carbocycles. The van der Waals surface area contributed by atoms with Crippen molar-refractivity contribution in [1.29, 1.82) is 0 Å². The number of aromatic nitrogens is 2. The van der Waals surface area contributed by atoms with E-state index in [9.17, 15) is 9.90 Å². The third-order valence-corrected chi connectivity index (χ3v) is 3.79. The van der Waals surface area contributed by atoms with Crippen LogP contribution < -0.4 is 4.90 Å². The molecule has 0 amide bonds. The van der Waals surface area contributed by atoms with Crippen molar-refractivity contribution < 1.29 is 14.6 Å². The molecule has 1 aliphatic heterocycles. The number of methoxy groups -OCH3 is 1. The monoisotopic (exact) mass is 279 g/mol. The topological polar surface area (TPSA) is 75.5 Å². The van der Waals surface area contributed by atoms with Gasteiger partial charge in [-0.25, -0.2) is 9.97 Å². The number of hydrogen-bond donors (Lipinski definition) is 1. The van der Waals surface area contributed by atoms with Crippen molar-refractivity contribution in [3.05, 3.63) is 17.6 Å². The van der Waals surface area contributed by atoms with Crippen LogP contribution in [0.3, 0.4) is 0 Å². The van der Waals surface area contributed by atoms with E-state index in [4.69, 9.17) is 4.74 Å². The second kappa shape index (κ2) is 5.75. The molecular formula is C14H21N3O3. The molecule has 110 valence electrons. The standard InChI is InChI=1S/C14H21N3O3/c1-4-11-7-12(16-10(2)15-11)17-6-5-14(8-17,9-20-3)13(18)19/h7H,4-6,8-9H2,1-3H3,(H,18,19). The Morgan fingerprint density at radius 3 is 2.90 bits per heavy atom. The van der Waals surface area contributed by atoms with Gasteiger partial charge in [0.2, 0.25) is 0 Å². The normalized spacial score (nSPS) is 22.2. The summed E-state index contributed by atoms with van der Waals surface area (Å²) in [4.78, 5) is 22.3. The van der Waals surface area contributed by atoms with Crippen molar-refractivity contribution in [3.8, 4) is 0 Å². The number of aryl methyl sites for hydroxylation is 2. The average molecular weight is 279 g/mol. The van der Waals surface area contributed by atoms with E-state index in [1.165, 1.54) is 7.11 Å². The number of ether oxygens (including phenoxy) is 1. The first kappa shape index (κ1) is 14.7. The first-order chi connectivity index (χ1) is 9.50. The predicted molar refractivity (Wildman–Crippen MR) is 74.9 cm³/mol. The van der Waals surface area contributed by atoms with Gasteiger partial charge in [-0.15, -0.1) is 0 Å². The largest absolute Gasteiger partial charge is 0.481 e. The van der Waals surface area contributed by atoms with Gasteiger partial charge in [0, 0.05) is 32.0 Å². The minimum atomic E-state index is -0.833. The molecule has 0 spiro atoms. The Hall–Kier alpha value is -1.69. The number of hydrogen-bond acceptors (Lipinski definition) is 5. The highest BCUT2D eigenvalue weighted by molar-refractivity contribution is 5.77. The number of carboxylic acid groups (broad SMARTS) is 1. The van der Waals surface area contributed by atoms with Crippen molar-refractivity contribution in [2.24, 2.45) is 5.41 Å². The minimum Gasteiger partial charge on any atom is -0.481 e. The lowest BCUT2D eigenvalue weighted by Crippen LogP contribution is -2.38. The molecule has 1 fully saturated rings. The summed E-state index contributed by atoms with van der Waals surface area (Å²) in [5.74, 6) is 0.732. The van der Waals surface area contributed by atoms with Crippen molar-refractivity contribution in [3.63, 3.8) is 0 Å². The zero-order valence-corrected chi connectivity index (χ0v) is 12.2. The van der Waals surface area contributed by atoms with E-state index in [1.807, 2.05) is 24.8 Å². The van der Waals surface area contributed by atoms with Crippen molar-refractivity contribution in [1.82, 2.24) is 9.97 Å². The van der Waals surface area contributed by atoms with Crippen LogP contribution in [0.2, 0.25) is 0 Å². The van der Waals surface area contributed by atoms with E-state index in [0.717, 1.165) is 23.8 Å². The van der Waals surface area contributed by atoms with Gasteiger partial charge < -0.3 is 14.7 Å². The fraction of sp³-hybridized carbons (Fsp3) is 0.643. The lowest BCUT2D eigenvalue weighted by Gasteiger charge is -2.24. The number of anilines is 1. The van der Waals surface area contributed by atoms with Gasteiger partial charge in [0.15, 0.2) is 0 Å². The highest BCUT2D eigenvalue weighted by Gasteiger charge is 2.45. The zero-order valence-electron chi connectivity index (χ0n) is 12.2. The molecule has 1 aromatic rings. The number of nitrogens with zero attached hydrogens (tertiary/aromatic N) is 3. The summed E-state index contributed by atoms with van der Waals surface area (Å²) in [6.45, 7) is 5.23. The van der Waals surface area contributed by atoms with Crippen LogP contribution in [0.15, 0.2) is 6.07 Å². The summed E-state index contributed by atoms with van der Waals surface area (Å²) < 4.78 is 5.10. The quantitative estimate of drug-likeness (QED) is 0.875. The summed E-state index contributed by atoms with van der Waals surface area (Å²) >= 11 is 0. The van der Waals surface area contributed by atoms with Gasteiger partial charge in [-0.1, -0.05) is 6.92 Å². The molecule has 20 heavy (non-hydrogen) atoms. The van der Waals surface area contributed by atoms with Crippen LogP contribution in [-0.4, -0.2) is 47.8 Å². The molecule has 0 radical (unpaired) electrons. The maximum absolute atomic E-state index is 11.5. The molecule has 6 heteroatoms. The summed E-state index contributed by atoms with van der Waals surface area (Å²) in [5.41, 5.74) is 0.145. The van der Waals surface area contributed by atoms with Gasteiger partial charge >= 0.3 is 5.97 Å². The molecule has 0 bridgehead atoms. The lowest BCUT2D eigenvalue weighted by atomic mass is 9.88. The molecule has 0 saturated carbocycles. The number of carboxylic acids is 1. The minimum absolute atomic E-state index is 0.226. The maximum Gasteiger partial charge on any atom is 0.313 e. The second-order valence-electron chi connectivity index (χ2n) is 5.31. The Balaban J connectivity index is 2.24. The van der Waals surface area contributed by atoms with Crippen LogP contribution in [0, 0.1) is 12.3 Å². The molecule has 2 rings (SSSR count). The maximum atomic E-state index is 11.5. The molecule has 1 N–H and O–H groups in total. The summed E-state index contributed by atoms with van der Waals surface area (Å²) in [5, 5.41) is 9.48. The van der Waals surface area contributed by atoms with Crippen LogP contribution in [0.5, 0.6) is 0 Å². The Bertz CT molecular complexity index is 506. The van der Waals surface area contributed by atoms with E-state index >= 15 is 0 Å². The highest BCUT2D eigenvalue weighted by Crippen LogP contribution is 2.33. The van der Waals surface area contributed by atoms with E-state index in [2.05, 4.69) is 9.97 Å². The first-order valence-corrected chi connectivity index (χ1v) is 6.82. The molecule has 1 unspecified atom stereocenters. The van der Waals surface area contributed by atoms with Crippen LogP contribution in [-0.2, 0) is 16.0 Å². The summed E-state index contributed by atoms with van der Waals surface area (Å²) in [6, 6.07) is 1.94. The fourth-order valence-electron chi connectivity index (χ4n) is 2.65. The third-order valence-electron chi connectivity index (χ3n) is 3.79. The van der Waals surface area contributed by atoms with Gasteiger partial charge in [-0.3, -0.25) is 4.79 Å².